The molecule has 0 unspecified atom stereocenters. The third kappa shape index (κ3) is 3.35. The first-order valence-electron chi connectivity index (χ1n) is 5.07. The van der Waals surface area contributed by atoms with Gasteiger partial charge in [-0.05, 0) is 36.1 Å². The maximum atomic E-state index is 12.9. The number of hydrogen-bond donors (Lipinski definition) is 0. The van der Waals surface area contributed by atoms with Crippen LogP contribution >= 0.6 is 11.6 Å². The van der Waals surface area contributed by atoms with Gasteiger partial charge in [-0.3, -0.25) is 0 Å². The summed E-state index contributed by atoms with van der Waals surface area (Å²) in [7, 11) is 0. The maximum absolute atomic E-state index is 12.9. The van der Waals surface area contributed by atoms with E-state index in [1.165, 1.54) is 17.7 Å². The Morgan fingerprint density at radius 3 is 2.60 bits per heavy atom. The number of halogens is 2. The Labute approximate surface area is 95.8 Å². The fourth-order valence-electron chi connectivity index (χ4n) is 1.36. The third-order valence-electron chi connectivity index (χ3n) is 2.47. The predicted molar refractivity (Wildman–Crippen MR) is 64.7 cm³/mol. The molecule has 1 aromatic rings. The Kier molecular flexibility index (Phi) is 4.34. The molecule has 0 aliphatic rings. The smallest absolute Gasteiger partial charge is 0.123 e. The topological polar surface area (TPSA) is 0 Å². The van der Waals surface area contributed by atoms with Gasteiger partial charge >= 0.3 is 0 Å². The SMILES string of the molecule is Cc1cc(F)ccc1C=C(CCl)C(C)C. The number of aryl methyl sites for hydroxylation is 1. The molecule has 0 saturated heterocycles. The van der Waals surface area contributed by atoms with E-state index < -0.39 is 0 Å². The van der Waals surface area contributed by atoms with E-state index in [-0.39, 0.29) is 5.82 Å². The molecule has 0 aliphatic heterocycles. The maximum Gasteiger partial charge on any atom is 0.123 e. The van der Waals surface area contributed by atoms with Crippen molar-refractivity contribution in [2.75, 3.05) is 5.88 Å². The normalized spacial score (nSPS) is 12.3. The van der Waals surface area contributed by atoms with Gasteiger partial charge in [0.25, 0.3) is 0 Å². The van der Waals surface area contributed by atoms with E-state index in [0.717, 1.165) is 11.1 Å². The van der Waals surface area contributed by atoms with Crippen LogP contribution in [0.5, 0.6) is 0 Å². The van der Waals surface area contributed by atoms with Crippen LogP contribution in [0.15, 0.2) is 23.8 Å². The molecule has 0 radical (unpaired) electrons. The summed E-state index contributed by atoms with van der Waals surface area (Å²) in [5.74, 6) is 0.752. The highest BCUT2D eigenvalue weighted by atomic mass is 35.5. The van der Waals surface area contributed by atoms with Crippen LogP contribution in [0.4, 0.5) is 4.39 Å². The molecule has 0 aliphatic carbocycles. The van der Waals surface area contributed by atoms with Crippen molar-refractivity contribution in [1.82, 2.24) is 0 Å². The third-order valence-corrected chi connectivity index (χ3v) is 2.78. The van der Waals surface area contributed by atoms with Gasteiger partial charge in [0.1, 0.15) is 5.82 Å². The van der Waals surface area contributed by atoms with Gasteiger partial charge in [-0.2, -0.15) is 0 Å². The highest BCUT2D eigenvalue weighted by molar-refractivity contribution is 6.19. The summed E-state index contributed by atoms with van der Waals surface area (Å²) in [5.41, 5.74) is 3.16. The summed E-state index contributed by atoms with van der Waals surface area (Å²) in [6, 6.07) is 4.81. The number of allylic oxidation sites excluding steroid dienone is 1. The summed E-state index contributed by atoms with van der Waals surface area (Å²) in [6.45, 7) is 6.11. The van der Waals surface area contributed by atoms with Crippen LogP contribution in [0, 0.1) is 18.7 Å². The average Bonchev–Trinajstić information content (AvgIpc) is 2.16. The molecule has 0 aromatic heterocycles. The molecular weight excluding hydrogens is 211 g/mol. The molecule has 0 fully saturated rings. The quantitative estimate of drug-likeness (QED) is 0.670. The van der Waals surface area contributed by atoms with Crippen molar-refractivity contribution in [3.63, 3.8) is 0 Å². The molecule has 0 saturated carbocycles. The minimum atomic E-state index is -0.193. The molecule has 15 heavy (non-hydrogen) atoms. The van der Waals surface area contributed by atoms with Crippen molar-refractivity contribution >= 4 is 17.7 Å². The number of rotatable bonds is 3. The molecule has 0 N–H and O–H groups in total. The van der Waals surface area contributed by atoms with Crippen LogP contribution in [0.25, 0.3) is 6.08 Å². The van der Waals surface area contributed by atoms with Gasteiger partial charge in [0, 0.05) is 5.88 Å². The lowest BCUT2D eigenvalue weighted by Crippen LogP contribution is -1.96. The Balaban J connectivity index is 3.06. The van der Waals surface area contributed by atoms with Crippen molar-refractivity contribution in [2.45, 2.75) is 20.8 Å². The van der Waals surface area contributed by atoms with Crippen LogP contribution in [0.2, 0.25) is 0 Å². The van der Waals surface area contributed by atoms with Crippen LogP contribution in [0.3, 0.4) is 0 Å². The molecule has 0 amide bonds. The van der Waals surface area contributed by atoms with Crippen LogP contribution < -0.4 is 0 Å². The largest absolute Gasteiger partial charge is 0.207 e. The highest BCUT2D eigenvalue weighted by Gasteiger charge is 2.03. The molecular formula is C13H16ClF. The zero-order valence-electron chi connectivity index (χ0n) is 9.35. The Hall–Kier alpha value is -0.820. The van der Waals surface area contributed by atoms with E-state index in [4.69, 9.17) is 11.6 Å². The fourth-order valence-corrected chi connectivity index (χ4v) is 1.75. The zero-order valence-corrected chi connectivity index (χ0v) is 10.1. The van der Waals surface area contributed by atoms with E-state index in [2.05, 4.69) is 13.8 Å². The molecule has 2 heteroatoms. The predicted octanol–water partition coefficient (Wildman–Crippen LogP) is 4.41. The lowest BCUT2D eigenvalue weighted by Gasteiger charge is -2.09. The minimum absolute atomic E-state index is 0.193. The van der Waals surface area contributed by atoms with Gasteiger partial charge in [-0.25, -0.2) is 4.39 Å². The van der Waals surface area contributed by atoms with Crippen LogP contribution in [-0.4, -0.2) is 5.88 Å². The highest BCUT2D eigenvalue weighted by Crippen LogP contribution is 2.19. The first-order chi connectivity index (χ1) is 7.04. The van der Waals surface area contributed by atoms with Crippen LogP contribution in [-0.2, 0) is 0 Å². The summed E-state index contributed by atoms with van der Waals surface area (Å²) >= 11 is 5.85. The van der Waals surface area contributed by atoms with Crippen molar-refractivity contribution in [3.8, 4) is 0 Å². The monoisotopic (exact) mass is 226 g/mol. The second-order valence-electron chi connectivity index (χ2n) is 4.01. The molecule has 0 heterocycles. The van der Waals surface area contributed by atoms with Crippen molar-refractivity contribution in [3.05, 3.63) is 40.7 Å². The van der Waals surface area contributed by atoms with Gasteiger partial charge in [-0.15, -0.1) is 11.6 Å². The Morgan fingerprint density at radius 1 is 1.47 bits per heavy atom. The number of alkyl halides is 1. The summed E-state index contributed by atoms with van der Waals surface area (Å²) in [5, 5.41) is 0. The summed E-state index contributed by atoms with van der Waals surface area (Å²) in [4.78, 5) is 0. The minimum Gasteiger partial charge on any atom is -0.207 e. The van der Waals surface area contributed by atoms with Gasteiger partial charge in [0.2, 0.25) is 0 Å². The molecule has 0 atom stereocenters. The van der Waals surface area contributed by atoms with Gasteiger partial charge in [-0.1, -0.05) is 31.6 Å². The van der Waals surface area contributed by atoms with Gasteiger partial charge in [0.05, 0.1) is 0 Å². The van der Waals surface area contributed by atoms with E-state index in [1.54, 1.807) is 6.07 Å². The molecule has 0 bridgehead atoms. The number of benzene rings is 1. The standard InChI is InChI=1S/C13H16ClF/c1-9(2)12(8-14)7-11-4-5-13(15)6-10(11)3/h4-7,9H,8H2,1-3H3. The zero-order chi connectivity index (χ0) is 11.4. The van der Waals surface area contributed by atoms with Gasteiger partial charge < -0.3 is 0 Å². The molecule has 0 nitrogen and oxygen atoms in total. The van der Waals surface area contributed by atoms with E-state index in [0.29, 0.717) is 11.8 Å². The number of hydrogen-bond acceptors (Lipinski definition) is 0. The second kappa shape index (κ2) is 5.32. The first-order valence-corrected chi connectivity index (χ1v) is 5.60. The lowest BCUT2D eigenvalue weighted by atomic mass is 10.00. The lowest BCUT2D eigenvalue weighted by molar-refractivity contribution is 0.626. The van der Waals surface area contributed by atoms with E-state index >= 15 is 0 Å². The summed E-state index contributed by atoms with van der Waals surface area (Å²) in [6.07, 6.45) is 2.05. The average molecular weight is 227 g/mol. The first kappa shape index (κ1) is 12.3. The molecule has 1 rings (SSSR count). The van der Waals surface area contributed by atoms with Gasteiger partial charge in [0.15, 0.2) is 0 Å². The molecule has 1 aromatic carbocycles. The molecule has 82 valence electrons. The second-order valence-corrected chi connectivity index (χ2v) is 4.28. The van der Waals surface area contributed by atoms with Crippen molar-refractivity contribution < 1.29 is 4.39 Å². The van der Waals surface area contributed by atoms with Crippen molar-refractivity contribution in [2.24, 2.45) is 5.92 Å². The Morgan fingerprint density at radius 2 is 2.13 bits per heavy atom. The molecule has 0 spiro atoms. The Bertz CT molecular complexity index is 367. The van der Waals surface area contributed by atoms with Crippen molar-refractivity contribution in [1.29, 1.82) is 0 Å². The van der Waals surface area contributed by atoms with E-state index in [9.17, 15) is 4.39 Å². The fraction of sp³-hybridized carbons (Fsp3) is 0.385. The summed E-state index contributed by atoms with van der Waals surface area (Å²) < 4.78 is 12.9. The van der Waals surface area contributed by atoms with E-state index in [1.807, 2.05) is 13.0 Å². The van der Waals surface area contributed by atoms with Crippen LogP contribution in [0.1, 0.15) is 25.0 Å².